The number of alkyl halides is 1. The van der Waals surface area contributed by atoms with E-state index < -0.39 is 14.3 Å². The minimum Gasteiger partial charge on any atom is -0.495 e. The van der Waals surface area contributed by atoms with Crippen LogP contribution in [0.1, 0.15) is 13.8 Å². The molecule has 0 unspecified atom stereocenters. The molecule has 1 rings (SSSR count). The zero-order valence-electron chi connectivity index (χ0n) is 10.7. The molecule has 106 valence electrons. The number of anilines is 1. The number of halogens is 1. The molecule has 1 aromatic rings. The van der Waals surface area contributed by atoms with Crippen molar-refractivity contribution in [3.8, 4) is 5.75 Å². The molecule has 0 aliphatic carbocycles. The van der Waals surface area contributed by atoms with Crippen molar-refractivity contribution in [2.75, 3.05) is 12.4 Å². The van der Waals surface area contributed by atoms with Gasteiger partial charge in [0.05, 0.1) is 22.0 Å². The first kappa shape index (κ1) is 15.9. The third-order valence-electron chi connectivity index (χ3n) is 2.29. The van der Waals surface area contributed by atoms with Crippen molar-refractivity contribution in [1.82, 2.24) is 0 Å². The number of primary sulfonamides is 1. The minimum atomic E-state index is -3.84. The van der Waals surface area contributed by atoms with E-state index in [0.29, 0.717) is 5.75 Å². The van der Waals surface area contributed by atoms with Crippen LogP contribution in [0.3, 0.4) is 0 Å². The van der Waals surface area contributed by atoms with Crippen molar-refractivity contribution in [2.45, 2.75) is 23.1 Å². The number of nitrogens with one attached hydrogen (secondary N) is 1. The zero-order valence-corrected chi connectivity index (χ0v) is 13.1. The van der Waals surface area contributed by atoms with E-state index in [0.717, 1.165) is 0 Å². The Morgan fingerprint density at radius 3 is 2.42 bits per heavy atom. The van der Waals surface area contributed by atoms with E-state index >= 15 is 0 Å². The molecule has 0 aromatic heterocycles. The molecule has 0 aliphatic heterocycles. The molecule has 3 N–H and O–H groups in total. The smallest absolute Gasteiger partial charge is 0.240 e. The van der Waals surface area contributed by atoms with Crippen LogP contribution in [0.5, 0.6) is 5.75 Å². The summed E-state index contributed by atoms with van der Waals surface area (Å²) < 4.78 is 26.8. The van der Waals surface area contributed by atoms with E-state index in [1.165, 1.54) is 25.3 Å². The number of carbonyl (C=O) groups is 1. The minimum absolute atomic E-state index is 0.101. The first-order valence-electron chi connectivity index (χ1n) is 5.27. The zero-order chi connectivity index (χ0) is 14.8. The summed E-state index contributed by atoms with van der Waals surface area (Å²) in [7, 11) is -2.42. The molecule has 0 saturated heterocycles. The average molecular weight is 351 g/mol. The van der Waals surface area contributed by atoms with E-state index in [2.05, 4.69) is 21.2 Å². The Labute approximate surface area is 120 Å². The lowest BCUT2D eigenvalue weighted by Gasteiger charge is -2.17. The molecule has 0 aliphatic rings. The van der Waals surface area contributed by atoms with E-state index in [9.17, 15) is 13.2 Å². The fraction of sp³-hybridized carbons (Fsp3) is 0.364. The summed E-state index contributed by atoms with van der Waals surface area (Å²) in [5, 5.41) is 7.63. The van der Waals surface area contributed by atoms with E-state index in [1.807, 2.05) is 0 Å². The van der Waals surface area contributed by atoms with Crippen LogP contribution in [0, 0.1) is 0 Å². The summed E-state index contributed by atoms with van der Waals surface area (Å²) in [6.07, 6.45) is 0. The van der Waals surface area contributed by atoms with Gasteiger partial charge in [0.15, 0.2) is 0 Å². The highest BCUT2D eigenvalue weighted by molar-refractivity contribution is 9.10. The first-order valence-corrected chi connectivity index (χ1v) is 7.61. The number of carbonyl (C=O) groups excluding carboxylic acids is 1. The molecule has 6 nitrogen and oxygen atoms in total. The van der Waals surface area contributed by atoms with Crippen molar-refractivity contribution in [3.63, 3.8) is 0 Å². The first-order chi connectivity index (χ1) is 8.55. The molecule has 0 atom stereocenters. The van der Waals surface area contributed by atoms with Gasteiger partial charge in [0.2, 0.25) is 15.9 Å². The van der Waals surface area contributed by atoms with Crippen LogP contribution < -0.4 is 15.2 Å². The average Bonchev–Trinajstić information content (AvgIpc) is 2.26. The largest absolute Gasteiger partial charge is 0.495 e. The van der Waals surface area contributed by atoms with Crippen LogP contribution >= 0.6 is 15.9 Å². The Morgan fingerprint density at radius 1 is 1.42 bits per heavy atom. The van der Waals surface area contributed by atoms with Gasteiger partial charge in [0, 0.05) is 0 Å². The maximum atomic E-state index is 11.9. The molecule has 1 aromatic carbocycles. The second-order valence-corrected chi connectivity index (χ2v) is 7.88. The van der Waals surface area contributed by atoms with Gasteiger partial charge in [0.25, 0.3) is 0 Å². The third kappa shape index (κ3) is 4.19. The SMILES string of the molecule is COc1ccc(S(N)(=O)=O)cc1NC(=O)C(C)(C)Br. The van der Waals surface area contributed by atoms with Crippen LogP contribution in [-0.2, 0) is 14.8 Å². The highest BCUT2D eigenvalue weighted by Crippen LogP contribution is 2.29. The quantitative estimate of drug-likeness (QED) is 0.802. The lowest BCUT2D eigenvalue weighted by atomic mass is 10.2. The number of ether oxygens (including phenoxy) is 1. The van der Waals surface area contributed by atoms with Gasteiger partial charge in [-0.3, -0.25) is 4.79 Å². The molecule has 0 radical (unpaired) electrons. The topological polar surface area (TPSA) is 98.5 Å². The predicted octanol–water partition coefficient (Wildman–Crippen LogP) is 1.45. The van der Waals surface area contributed by atoms with Crippen molar-refractivity contribution >= 4 is 37.5 Å². The number of rotatable bonds is 4. The summed E-state index contributed by atoms with van der Waals surface area (Å²) in [6, 6.07) is 3.99. The highest BCUT2D eigenvalue weighted by atomic mass is 79.9. The Balaban J connectivity index is 3.21. The maximum absolute atomic E-state index is 11.9. The lowest BCUT2D eigenvalue weighted by molar-refractivity contribution is -0.117. The fourth-order valence-electron chi connectivity index (χ4n) is 1.23. The molecule has 19 heavy (non-hydrogen) atoms. The normalized spacial score (nSPS) is 12.1. The van der Waals surface area contributed by atoms with Crippen LogP contribution in [0.2, 0.25) is 0 Å². The second-order valence-electron chi connectivity index (χ2n) is 4.33. The van der Waals surface area contributed by atoms with E-state index in [1.54, 1.807) is 13.8 Å². The standard InChI is InChI=1S/C11H15BrN2O4S/c1-11(2,12)10(15)14-8-6-7(19(13,16)17)4-5-9(8)18-3/h4-6H,1-3H3,(H,14,15)(H2,13,16,17). The molecule has 8 heteroatoms. The highest BCUT2D eigenvalue weighted by Gasteiger charge is 2.25. The van der Waals surface area contributed by atoms with Gasteiger partial charge in [-0.25, -0.2) is 13.6 Å². The van der Waals surface area contributed by atoms with Crippen LogP contribution in [-0.4, -0.2) is 25.8 Å². The van der Waals surface area contributed by atoms with E-state index in [4.69, 9.17) is 9.88 Å². The van der Waals surface area contributed by atoms with Crippen LogP contribution in [0.15, 0.2) is 23.1 Å². The number of methoxy groups -OCH3 is 1. The summed E-state index contributed by atoms with van der Waals surface area (Å²) >= 11 is 3.21. The summed E-state index contributed by atoms with van der Waals surface area (Å²) in [5.41, 5.74) is 0.242. The van der Waals surface area contributed by atoms with Gasteiger partial charge < -0.3 is 10.1 Å². The Hall–Kier alpha value is -1.12. The lowest BCUT2D eigenvalue weighted by Crippen LogP contribution is -2.31. The molecule has 0 spiro atoms. The molecule has 0 bridgehead atoms. The molecular formula is C11H15BrN2O4S. The third-order valence-corrected chi connectivity index (χ3v) is 3.56. The number of hydrogen-bond donors (Lipinski definition) is 2. The monoisotopic (exact) mass is 350 g/mol. The van der Waals surface area contributed by atoms with Gasteiger partial charge in [-0.1, -0.05) is 15.9 Å². The van der Waals surface area contributed by atoms with Crippen molar-refractivity contribution < 1.29 is 17.9 Å². The molecular weight excluding hydrogens is 336 g/mol. The van der Waals surface area contributed by atoms with Gasteiger partial charge in [-0.15, -0.1) is 0 Å². The summed E-state index contributed by atoms with van der Waals surface area (Å²) in [6.45, 7) is 3.33. The van der Waals surface area contributed by atoms with Gasteiger partial charge in [-0.05, 0) is 32.0 Å². The van der Waals surface area contributed by atoms with Gasteiger partial charge in [-0.2, -0.15) is 0 Å². The van der Waals surface area contributed by atoms with Gasteiger partial charge >= 0.3 is 0 Å². The molecule has 1 amide bonds. The number of benzene rings is 1. The second kappa shape index (κ2) is 5.48. The van der Waals surface area contributed by atoms with Crippen molar-refractivity contribution in [1.29, 1.82) is 0 Å². The maximum Gasteiger partial charge on any atom is 0.240 e. The fourth-order valence-corrected chi connectivity index (χ4v) is 1.87. The van der Waals surface area contributed by atoms with Crippen molar-refractivity contribution in [3.05, 3.63) is 18.2 Å². The molecule has 0 fully saturated rings. The Kier molecular flexibility index (Phi) is 4.59. The number of amides is 1. The summed E-state index contributed by atoms with van der Waals surface area (Å²) in [4.78, 5) is 11.8. The van der Waals surface area contributed by atoms with Crippen LogP contribution in [0.25, 0.3) is 0 Å². The predicted molar refractivity (Wildman–Crippen MR) is 76.0 cm³/mol. The number of nitrogens with two attached hydrogens (primary N) is 1. The molecule has 0 heterocycles. The van der Waals surface area contributed by atoms with Crippen molar-refractivity contribution in [2.24, 2.45) is 5.14 Å². The Bertz CT molecular complexity index is 593. The number of hydrogen-bond acceptors (Lipinski definition) is 4. The Morgan fingerprint density at radius 2 is 2.00 bits per heavy atom. The summed E-state index contributed by atoms with van der Waals surface area (Å²) in [5.74, 6) is 0.00914. The van der Waals surface area contributed by atoms with E-state index in [-0.39, 0.29) is 16.5 Å². The van der Waals surface area contributed by atoms with Gasteiger partial charge in [0.1, 0.15) is 5.75 Å². The number of sulfonamides is 1. The van der Waals surface area contributed by atoms with Crippen LogP contribution in [0.4, 0.5) is 5.69 Å². The molecule has 0 saturated carbocycles.